The van der Waals surface area contributed by atoms with E-state index in [1.165, 1.54) is 17.4 Å². The summed E-state index contributed by atoms with van der Waals surface area (Å²) in [5.41, 5.74) is 2.96. The normalized spacial score (nSPS) is 14.1. The van der Waals surface area contributed by atoms with Crippen LogP contribution in [0.3, 0.4) is 0 Å². The highest BCUT2D eigenvalue weighted by Gasteiger charge is 2.21. The summed E-state index contributed by atoms with van der Waals surface area (Å²) in [6.07, 6.45) is 0. The molecule has 0 spiro atoms. The van der Waals surface area contributed by atoms with Gasteiger partial charge in [0, 0.05) is 41.6 Å². The van der Waals surface area contributed by atoms with Gasteiger partial charge in [0.2, 0.25) is 0 Å². The SMILES string of the molecule is Cc1cccc(COc2ccc(-c3nc(C(=O)N4CCSCC4)cs3)c(F)c2)c1. The van der Waals surface area contributed by atoms with E-state index in [-0.39, 0.29) is 5.91 Å². The molecule has 1 saturated heterocycles. The molecule has 0 atom stereocenters. The van der Waals surface area contributed by atoms with E-state index in [1.807, 2.05) is 47.9 Å². The van der Waals surface area contributed by atoms with Crippen LogP contribution in [0.4, 0.5) is 4.39 Å². The maximum atomic E-state index is 14.7. The molecule has 0 unspecified atom stereocenters. The summed E-state index contributed by atoms with van der Waals surface area (Å²) in [6.45, 7) is 3.87. The van der Waals surface area contributed by atoms with Crippen LogP contribution in [0.5, 0.6) is 5.75 Å². The molecule has 4 rings (SSSR count). The molecule has 0 N–H and O–H groups in total. The number of rotatable bonds is 5. The molecule has 1 fully saturated rings. The van der Waals surface area contributed by atoms with Crippen molar-refractivity contribution in [2.75, 3.05) is 24.6 Å². The number of carbonyl (C=O) groups is 1. The third kappa shape index (κ3) is 4.79. The lowest BCUT2D eigenvalue weighted by molar-refractivity contribution is 0.0767. The lowest BCUT2D eigenvalue weighted by Gasteiger charge is -2.25. The number of benzene rings is 2. The van der Waals surface area contributed by atoms with Gasteiger partial charge >= 0.3 is 0 Å². The van der Waals surface area contributed by atoms with Crippen LogP contribution >= 0.6 is 23.1 Å². The topological polar surface area (TPSA) is 42.4 Å². The van der Waals surface area contributed by atoms with Crippen molar-refractivity contribution in [3.8, 4) is 16.3 Å². The van der Waals surface area contributed by atoms with E-state index in [0.717, 1.165) is 35.7 Å². The molecule has 150 valence electrons. The van der Waals surface area contributed by atoms with E-state index in [2.05, 4.69) is 4.98 Å². The van der Waals surface area contributed by atoms with Crippen molar-refractivity contribution in [3.05, 3.63) is 70.5 Å². The minimum absolute atomic E-state index is 0.0775. The molecule has 1 aliphatic heterocycles. The van der Waals surface area contributed by atoms with Crippen molar-refractivity contribution in [1.29, 1.82) is 0 Å². The smallest absolute Gasteiger partial charge is 0.273 e. The van der Waals surface area contributed by atoms with Crippen molar-refractivity contribution in [2.24, 2.45) is 0 Å². The first-order valence-electron chi connectivity index (χ1n) is 9.41. The number of hydrogen-bond donors (Lipinski definition) is 0. The molecule has 1 aliphatic rings. The van der Waals surface area contributed by atoms with E-state index in [0.29, 0.717) is 28.6 Å². The molecular weight excluding hydrogens is 407 g/mol. The molecule has 0 aliphatic carbocycles. The highest BCUT2D eigenvalue weighted by Crippen LogP contribution is 2.30. The number of amides is 1. The first-order chi connectivity index (χ1) is 14.1. The van der Waals surface area contributed by atoms with E-state index in [1.54, 1.807) is 17.5 Å². The molecule has 0 bridgehead atoms. The van der Waals surface area contributed by atoms with Gasteiger partial charge in [0.15, 0.2) is 0 Å². The number of ether oxygens (including phenoxy) is 1. The third-order valence-corrected chi connectivity index (χ3v) is 6.50. The average Bonchev–Trinajstić information content (AvgIpc) is 3.22. The Balaban J connectivity index is 1.45. The van der Waals surface area contributed by atoms with E-state index in [9.17, 15) is 9.18 Å². The van der Waals surface area contributed by atoms with Gasteiger partial charge < -0.3 is 9.64 Å². The summed E-state index contributed by atoms with van der Waals surface area (Å²) in [7, 11) is 0. The zero-order valence-corrected chi connectivity index (χ0v) is 17.7. The van der Waals surface area contributed by atoms with Gasteiger partial charge in [0.1, 0.15) is 28.9 Å². The number of nitrogens with zero attached hydrogens (tertiary/aromatic N) is 2. The van der Waals surface area contributed by atoms with Gasteiger partial charge in [-0.2, -0.15) is 11.8 Å². The van der Waals surface area contributed by atoms with Crippen LogP contribution in [-0.2, 0) is 6.61 Å². The molecule has 1 amide bonds. The Hall–Kier alpha value is -2.38. The first-order valence-corrected chi connectivity index (χ1v) is 11.4. The van der Waals surface area contributed by atoms with Crippen molar-refractivity contribution in [1.82, 2.24) is 9.88 Å². The Kier molecular flexibility index (Phi) is 6.16. The maximum Gasteiger partial charge on any atom is 0.273 e. The van der Waals surface area contributed by atoms with Crippen LogP contribution in [-0.4, -0.2) is 40.4 Å². The second kappa shape index (κ2) is 8.97. The Bertz CT molecular complexity index is 1020. The fraction of sp³-hybridized carbons (Fsp3) is 0.273. The van der Waals surface area contributed by atoms with Crippen molar-refractivity contribution < 1.29 is 13.9 Å². The molecule has 0 radical (unpaired) electrons. The number of aryl methyl sites for hydroxylation is 1. The fourth-order valence-corrected chi connectivity index (χ4v) is 4.88. The minimum Gasteiger partial charge on any atom is -0.489 e. The van der Waals surface area contributed by atoms with E-state index < -0.39 is 5.82 Å². The number of hydrogen-bond acceptors (Lipinski definition) is 5. The van der Waals surface area contributed by atoms with Crippen LogP contribution in [0.15, 0.2) is 47.8 Å². The zero-order valence-electron chi connectivity index (χ0n) is 16.1. The predicted molar refractivity (Wildman–Crippen MR) is 116 cm³/mol. The van der Waals surface area contributed by atoms with Crippen molar-refractivity contribution in [3.63, 3.8) is 0 Å². The quantitative estimate of drug-likeness (QED) is 0.572. The van der Waals surface area contributed by atoms with E-state index in [4.69, 9.17) is 4.74 Å². The van der Waals surface area contributed by atoms with Crippen molar-refractivity contribution in [2.45, 2.75) is 13.5 Å². The average molecular weight is 429 g/mol. The summed E-state index contributed by atoms with van der Waals surface area (Å²) in [6, 6.07) is 12.8. The summed E-state index contributed by atoms with van der Waals surface area (Å²) in [5, 5.41) is 2.21. The summed E-state index contributed by atoms with van der Waals surface area (Å²) in [5.74, 6) is 1.87. The molecule has 0 saturated carbocycles. The van der Waals surface area contributed by atoms with Crippen LogP contribution in [0.2, 0.25) is 0 Å². The fourth-order valence-electron chi connectivity index (χ4n) is 3.15. The monoisotopic (exact) mass is 428 g/mol. The zero-order chi connectivity index (χ0) is 20.2. The lowest BCUT2D eigenvalue weighted by Crippen LogP contribution is -2.38. The van der Waals surface area contributed by atoms with Gasteiger partial charge in [0.25, 0.3) is 5.91 Å². The second-order valence-electron chi connectivity index (χ2n) is 6.86. The van der Waals surface area contributed by atoms with Gasteiger partial charge in [-0.15, -0.1) is 11.3 Å². The first kappa shape index (κ1) is 19.9. The molecule has 7 heteroatoms. The lowest BCUT2D eigenvalue weighted by atomic mass is 10.1. The number of carbonyl (C=O) groups excluding carboxylic acids is 1. The molecule has 2 heterocycles. The maximum absolute atomic E-state index is 14.7. The van der Waals surface area contributed by atoms with Gasteiger partial charge in [-0.1, -0.05) is 29.8 Å². The van der Waals surface area contributed by atoms with Gasteiger partial charge in [0.05, 0.1) is 0 Å². The van der Waals surface area contributed by atoms with E-state index >= 15 is 0 Å². The second-order valence-corrected chi connectivity index (χ2v) is 8.94. The highest BCUT2D eigenvalue weighted by molar-refractivity contribution is 7.99. The minimum atomic E-state index is -0.408. The summed E-state index contributed by atoms with van der Waals surface area (Å²) < 4.78 is 20.4. The van der Waals surface area contributed by atoms with Gasteiger partial charge in [-0.3, -0.25) is 4.79 Å². The number of thiazole rings is 1. The molecular formula is C22H21FN2O2S2. The molecule has 2 aromatic carbocycles. The number of aromatic nitrogens is 1. The van der Waals surface area contributed by atoms with Gasteiger partial charge in [-0.25, -0.2) is 9.37 Å². The number of thioether (sulfide) groups is 1. The summed E-state index contributed by atoms with van der Waals surface area (Å²) in [4.78, 5) is 18.8. The molecule has 29 heavy (non-hydrogen) atoms. The third-order valence-electron chi connectivity index (χ3n) is 4.68. The Morgan fingerprint density at radius 1 is 1.21 bits per heavy atom. The van der Waals surface area contributed by atoms with Crippen LogP contribution in [0.25, 0.3) is 10.6 Å². The Morgan fingerprint density at radius 3 is 2.79 bits per heavy atom. The van der Waals surface area contributed by atoms with Crippen LogP contribution < -0.4 is 4.74 Å². The highest BCUT2D eigenvalue weighted by atomic mass is 32.2. The molecule has 4 nitrogen and oxygen atoms in total. The van der Waals surface area contributed by atoms with Crippen molar-refractivity contribution >= 4 is 29.0 Å². The molecule has 1 aromatic heterocycles. The molecule has 3 aromatic rings. The number of halogens is 1. The van der Waals surface area contributed by atoms with Crippen LogP contribution in [0.1, 0.15) is 21.6 Å². The Morgan fingerprint density at radius 2 is 2.03 bits per heavy atom. The predicted octanol–water partition coefficient (Wildman–Crippen LogP) is 5.03. The standard InChI is InChI=1S/C22H21FN2O2S2/c1-15-3-2-4-16(11-15)13-27-17-5-6-18(19(23)12-17)21-24-20(14-29-21)22(26)25-7-9-28-10-8-25/h2-6,11-12,14H,7-10,13H2,1H3. The summed E-state index contributed by atoms with van der Waals surface area (Å²) >= 11 is 3.13. The van der Waals surface area contributed by atoms with Gasteiger partial charge in [-0.05, 0) is 24.6 Å². The van der Waals surface area contributed by atoms with Crippen LogP contribution in [0, 0.1) is 12.7 Å². The largest absolute Gasteiger partial charge is 0.489 e. The Labute approximate surface area is 177 Å².